The van der Waals surface area contributed by atoms with Gasteiger partial charge in [0.2, 0.25) is 0 Å². The number of piperidine rings is 1. The van der Waals surface area contributed by atoms with Crippen LogP contribution in [0.4, 0.5) is 16.2 Å². The number of benzene rings is 1. The van der Waals surface area contributed by atoms with Crippen LogP contribution in [0.25, 0.3) is 0 Å². The van der Waals surface area contributed by atoms with Gasteiger partial charge in [-0.05, 0) is 45.7 Å². The molecule has 134 valence electrons. The zero-order chi connectivity index (χ0) is 18.6. The first-order chi connectivity index (χ1) is 11.7. The Morgan fingerprint density at radius 1 is 1.40 bits per heavy atom. The van der Waals surface area contributed by atoms with E-state index in [-0.39, 0.29) is 17.3 Å². The van der Waals surface area contributed by atoms with Crippen LogP contribution in [-0.2, 0) is 4.74 Å². The normalized spacial score (nSPS) is 15.4. The monoisotopic (exact) mass is 346 g/mol. The molecule has 0 spiro atoms. The summed E-state index contributed by atoms with van der Waals surface area (Å²) in [7, 11) is 0. The van der Waals surface area contributed by atoms with Crippen LogP contribution in [0, 0.1) is 21.4 Å². The van der Waals surface area contributed by atoms with Crippen molar-refractivity contribution in [1.82, 2.24) is 5.32 Å². The maximum absolute atomic E-state index is 11.8. The maximum atomic E-state index is 11.8. The summed E-state index contributed by atoms with van der Waals surface area (Å²) in [5.41, 5.74) is 0.141. The second kappa shape index (κ2) is 7.38. The first kappa shape index (κ1) is 18.5. The topological polar surface area (TPSA) is 108 Å². The third-order valence-electron chi connectivity index (χ3n) is 3.86. The van der Waals surface area contributed by atoms with Crippen molar-refractivity contribution in [2.24, 2.45) is 0 Å². The number of nitro groups is 1. The minimum atomic E-state index is -0.548. The number of rotatable bonds is 3. The molecule has 8 nitrogen and oxygen atoms in total. The van der Waals surface area contributed by atoms with Crippen LogP contribution in [0.5, 0.6) is 0 Å². The Balaban J connectivity index is 2.00. The van der Waals surface area contributed by atoms with Gasteiger partial charge in [0.15, 0.2) is 0 Å². The van der Waals surface area contributed by atoms with Crippen molar-refractivity contribution in [3.8, 4) is 6.07 Å². The second-order valence-corrected chi connectivity index (χ2v) is 6.98. The van der Waals surface area contributed by atoms with Gasteiger partial charge in [-0.3, -0.25) is 10.1 Å². The van der Waals surface area contributed by atoms with Gasteiger partial charge in [0.05, 0.1) is 16.6 Å². The average Bonchev–Trinajstić information content (AvgIpc) is 2.53. The Morgan fingerprint density at radius 2 is 2.04 bits per heavy atom. The third kappa shape index (κ3) is 5.08. The molecule has 8 heteroatoms. The number of nitrogens with zero attached hydrogens (tertiary/aromatic N) is 3. The molecule has 1 aliphatic rings. The predicted octanol–water partition coefficient (Wildman–Crippen LogP) is 2.96. The number of nitriles is 1. The lowest BCUT2D eigenvalue weighted by atomic mass is 10.0. The molecule has 1 fully saturated rings. The highest BCUT2D eigenvalue weighted by atomic mass is 16.6. The Morgan fingerprint density at radius 3 is 2.56 bits per heavy atom. The zero-order valence-corrected chi connectivity index (χ0v) is 14.6. The molecule has 0 aromatic heterocycles. The predicted molar refractivity (Wildman–Crippen MR) is 92.4 cm³/mol. The molecule has 0 radical (unpaired) electrons. The SMILES string of the molecule is CC(C)(C)OC(=O)NC1CCN(c2ccc(C#N)cc2[N+](=O)[O-])CC1. The standard InChI is InChI=1S/C17H22N4O4/c1-17(2,3)25-16(22)19-13-6-8-20(9-7-13)14-5-4-12(11-18)10-15(14)21(23)24/h4-5,10,13H,6-9H2,1-3H3,(H,19,22). The highest BCUT2D eigenvalue weighted by molar-refractivity contribution is 5.68. The zero-order valence-electron chi connectivity index (χ0n) is 14.6. The molecule has 1 aromatic rings. The summed E-state index contributed by atoms with van der Waals surface area (Å²) in [5, 5.41) is 23.0. The number of hydrogen-bond donors (Lipinski definition) is 1. The van der Waals surface area contributed by atoms with E-state index in [2.05, 4.69) is 5.32 Å². The third-order valence-corrected chi connectivity index (χ3v) is 3.86. The van der Waals surface area contributed by atoms with Gasteiger partial charge in [-0.15, -0.1) is 0 Å². The van der Waals surface area contributed by atoms with E-state index >= 15 is 0 Å². The summed E-state index contributed by atoms with van der Waals surface area (Å²) in [6.45, 7) is 6.57. The molecule has 2 rings (SSSR count). The number of amides is 1. The first-order valence-electron chi connectivity index (χ1n) is 8.12. The fourth-order valence-corrected chi connectivity index (χ4v) is 2.75. The molecule has 1 N–H and O–H groups in total. The number of carbonyl (C=O) groups is 1. The Labute approximate surface area is 146 Å². The molecule has 1 amide bonds. The molecular formula is C17H22N4O4. The van der Waals surface area contributed by atoms with Crippen molar-refractivity contribution in [3.05, 3.63) is 33.9 Å². The van der Waals surface area contributed by atoms with Crippen molar-refractivity contribution in [2.45, 2.75) is 45.3 Å². The molecule has 0 saturated carbocycles. The van der Waals surface area contributed by atoms with E-state index in [1.165, 1.54) is 6.07 Å². The molecule has 0 bridgehead atoms. The lowest BCUT2D eigenvalue weighted by Gasteiger charge is -2.34. The number of nitrogens with one attached hydrogen (secondary N) is 1. The maximum Gasteiger partial charge on any atom is 0.407 e. The highest BCUT2D eigenvalue weighted by Gasteiger charge is 2.27. The van der Waals surface area contributed by atoms with Crippen LogP contribution in [0.2, 0.25) is 0 Å². The summed E-state index contributed by atoms with van der Waals surface area (Å²) >= 11 is 0. The number of nitro benzene ring substituents is 1. The van der Waals surface area contributed by atoms with E-state index < -0.39 is 16.6 Å². The molecule has 0 atom stereocenters. The number of hydrogen-bond acceptors (Lipinski definition) is 6. The number of anilines is 1. The van der Waals surface area contributed by atoms with E-state index in [9.17, 15) is 14.9 Å². The van der Waals surface area contributed by atoms with Crippen LogP contribution in [0.1, 0.15) is 39.2 Å². The van der Waals surface area contributed by atoms with E-state index in [1.807, 2.05) is 11.0 Å². The summed E-state index contributed by atoms with van der Waals surface area (Å²) < 4.78 is 5.24. The summed E-state index contributed by atoms with van der Waals surface area (Å²) in [6.07, 6.45) is 0.877. The van der Waals surface area contributed by atoms with Crippen molar-refractivity contribution < 1.29 is 14.5 Å². The average molecular weight is 346 g/mol. The molecule has 0 aliphatic carbocycles. The lowest BCUT2D eigenvalue weighted by molar-refractivity contribution is -0.384. The second-order valence-electron chi connectivity index (χ2n) is 6.98. The molecule has 1 aromatic carbocycles. The number of ether oxygens (including phenoxy) is 1. The fraction of sp³-hybridized carbons (Fsp3) is 0.529. The highest BCUT2D eigenvalue weighted by Crippen LogP contribution is 2.31. The van der Waals surface area contributed by atoms with Crippen molar-refractivity contribution in [3.63, 3.8) is 0 Å². The minimum absolute atomic E-state index is 0.0245. The van der Waals surface area contributed by atoms with Gasteiger partial charge in [-0.2, -0.15) is 5.26 Å². The largest absolute Gasteiger partial charge is 0.444 e. The molecule has 0 unspecified atom stereocenters. The molecule has 1 saturated heterocycles. The van der Waals surface area contributed by atoms with Crippen LogP contribution >= 0.6 is 0 Å². The summed E-state index contributed by atoms with van der Waals surface area (Å²) in [4.78, 5) is 24.5. The van der Waals surface area contributed by atoms with E-state index in [1.54, 1.807) is 32.9 Å². The van der Waals surface area contributed by atoms with Gasteiger partial charge < -0.3 is 15.0 Å². The number of carbonyl (C=O) groups excluding carboxylic acids is 1. The Bertz CT molecular complexity index is 698. The Kier molecular flexibility index (Phi) is 5.47. The summed E-state index contributed by atoms with van der Waals surface area (Å²) in [5.74, 6) is 0. The smallest absolute Gasteiger partial charge is 0.407 e. The molecule has 25 heavy (non-hydrogen) atoms. The van der Waals surface area contributed by atoms with Crippen LogP contribution in [0.15, 0.2) is 18.2 Å². The van der Waals surface area contributed by atoms with Crippen LogP contribution in [-0.4, -0.2) is 35.7 Å². The van der Waals surface area contributed by atoms with Crippen molar-refractivity contribution in [1.29, 1.82) is 5.26 Å². The Hall–Kier alpha value is -2.82. The molecule has 1 aliphatic heterocycles. The number of alkyl carbamates (subject to hydrolysis) is 1. The fourth-order valence-electron chi connectivity index (χ4n) is 2.75. The van der Waals surface area contributed by atoms with Gasteiger partial charge in [-0.25, -0.2) is 4.79 Å². The van der Waals surface area contributed by atoms with Crippen LogP contribution in [0.3, 0.4) is 0 Å². The van der Waals surface area contributed by atoms with E-state index in [0.717, 1.165) is 0 Å². The quantitative estimate of drug-likeness (QED) is 0.666. The van der Waals surface area contributed by atoms with E-state index in [0.29, 0.717) is 31.6 Å². The molecule has 1 heterocycles. The minimum Gasteiger partial charge on any atom is -0.444 e. The first-order valence-corrected chi connectivity index (χ1v) is 8.12. The van der Waals surface area contributed by atoms with Gasteiger partial charge in [-0.1, -0.05) is 0 Å². The van der Waals surface area contributed by atoms with Crippen molar-refractivity contribution in [2.75, 3.05) is 18.0 Å². The van der Waals surface area contributed by atoms with Crippen molar-refractivity contribution >= 4 is 17.5 Å². The van der Waals surface area contributed by atoms with Crippen LogP contribution < -0.4 is 10.2 Å². The van der Waals surface area contributed by atoms with Gasteiger partial charge in [0.1, 0.15) is 11.3 Å². The van der Waals surface area contributed by atoms with Gasteiger partial charge >= 0.3 is 6.09 Å². The lowest BCUT2D eigenvalue weighted by Crippen LogP contribution is -2.46. The van der Waals surface area contributed by atoms with E-state index in [4.69, 9.17) is 10.00 Å². The van der Waals surface area contributed by atoms with Gasteiger partial charge in [0.25, 0.3) is 5.69 Å². The summed E-state index contributed by atoms with van der Waals surface area (Å²) in [6, 6.07) is 6.37. The molecular weight excluding hydrogens is 324 g/mol. The van der Waals surface area contributed by atoms with Gasteiger partial charge in [0, 0.05) is 25.2 Å².